The van der Waals surface area contributed by atoms with Crippen molar-refractivity contribution in [3.8, 4) is 11.5 Å². The average molecular weight is 434 g/mol. The standard InChI is InChI=1S/C21H20ClNO5S/c1-26-11-10-23-20(24)18(29-21(23)25)12-15-4-3-5-17(27-2)19(15)28-13-14-6-8-16(22)9-7-14/h3-9,12H,10-11,13H2,1-2H3/b18-12+. The quantitative estimate of drug-likeness (QED) is 0.566. The first-order valence-electron chi connectivity index (χ1n) is 8.82. The second-order valence-corrected chi connectivity index (χ2v) is 7.55. The fourth-order valence-electron chi connectivity index (χ4n) is 2.71. The maximum absolute atomic E-state index is 12.6. The second-order valence-electron chi connectivity index (χ2n) is 6.12. The number of nitrogens with zero attached hydrogens (tertiary/aromatic N) is 1. The highest BCUT2D eigenvalue weighted by Crippen LogP contribution is 2.37. The number of hydrogen-bond donors (Lipinski definition) is 0. The fraction of sp³-hybridized carbons (Fsp3) is 0.238. The molecule has 6 nitrogen and oxygen atoms in total. The van der Waals surface area contributed by atoms with Crippen LogP contribution < -0.4 is 9.47 Å². The molecule has 0 aliphatic carbocycles. The van der Waals surface area contributed by atoms with Crippen molar-refractivity contribution in [3.63, 3.8) is 0 Å². The van der Waals surface area contributed by atoms with Gasteiger partial charge in [-0.25, -0.2) is 0 Å². The number of methoxy groups -OCH3 is 2. The summed E-state index contributed by atoms with van der Waals surface area (Å²) in [5.41, 5.74) is 1.58. The first-order valence-corrected chi connectivity index (χ1v) is 10.0. The van der Waals surface area contributed by atoms with Crippen LogP contribution >= 0.6 is 23.4 Å². The molecule has 2 aromatic rings. The largest absolute Gasteiger partial charge is 0.493 e. The second kappa shape index (κ2) is 9.82. The molecule has 1 fully saturated rings. The Kier molecular flexibility index (Phi) is 7.19. The molecule has 0 bridgehead atoms. The summed E-state index contributed by atoms with van der Waals surface area (Å²) < 4.78 is 16.4. The minimum atomic E-state index is -0.344. The van der Waals surface area contributed by atoms with Crippen molar-refractivity contribution in [3.05, 3.63) is 63.5 Å². The van der Waals surface area contributed by atoms with Crippen LogP contribution in [-0.4, -0.2) is 43.4 Å². The third-order valence-electron chi connectivity index (χ3n) is 4.20. The number of rotatable bonds is 8. The van der Waals surface area contributed by atoms with Crippen molar-refractivity contribution < 1.29 is 23.8 Å². The highest BCUT2D eigenvalue weighted by molar-refractivity contribution is 8.18. The van der Waals surface area contributed by atoms with Crippen molar-refractivity contribution in [2.75, 3.05) is 27.4 Å². The molecule has 1 saturated heterocycles. The summed E-state index contributed by atoms with van der Waals surface area (Å²) in [6, 6.07) is 12.7. The van der Waals surface area contributed by atoms with Gasteiger partial charge in [-0.15, -0.1) is 0 Å². The fourth-order valence-corrected chi connectivity index (χ4v) is 3.70. The lowest BCUT2D eigenvalue weighted by molar-refractivity contribution is -0.123. The topological polar surface area (TPSA) is 65.1 Å². The molecule has 0 atom stereocenters. The smallest absolute Gasteiger partial charge is 0.293 e. The van der Waals surface area contributed by atoms with E-state index in [4.69, 9.17) is 25.8 Å². The van der Waals surface area contributed by atoms with Crippen LogP contribution in [-0.2, 0) is 16.1 Å². The monoisotopic (exact) mass is 433 g/mol. The normalized spacial score (nSPS) is 15.3. The third-order valence-corrected chi connectivity index (χ3v) is 5.36. The number of carbonyl (C=O) groups is 2. The summed E-state index contributed by atoms with van der Waals surface area (Å²) in [6.45, 7) is 0.810. The van der Waals surface area contributed by atoms with E-state index >= 15 is 0 Å². The minimum Gasteiger partial charge on any atom is -0.493 e. The molecular formula is C21H20ClNO5S. The predicted octanol–water partition coefficient (Wildman–Crippen LogP) is 4.61. The predicted molar refractivity (Wildman–Crippen MR) is 113 cm³/mol. The summed E-state index contributed by atoms with van der Waals surface area (Å²) in [6.07, 6.45) is 1.65. The van der Waals surface area contributed by atoms with Crippen molar-refractivity contribution in [1.29, 1.82) is 0 Å². The van der Waals surface area contributed by atoms with E-state index in [1.165, 1.54) is 12.0 Å². The molecular weight excluding hydrogens is 414 g/mol. The summed E-state index contributed by atoms with van der Waals surface area (Å²) in [5.74, 6) is 0.684. The Morgan fingerprint density at radius 3 is 2.55 bits per heavy atom. The van der Waals surface area contributed by atoms with Crippen molar-refractivity contribution in [2.24, 2.45) is 0 Å². The van der Waals surface area contributed by atoms with Gasteiger partial charge in [0.1, 0.15) is 6.61 Å². The maximum Gasteiger partial charge on any atom is 0.293 e. The number of benzene rings is 2. The zero-order valence-corrected chi connectivity index (χ0v) is 17.6. The van der Waals surface area contributed by atoms with Gasteiger partial charge in [0.25, 0.3) is 11.1 Å². The Morgan fingerprint density at radius 2 is 1.86 bits per heavy atom. The van der Waals surface area contributed by atoms with E-state index in [-0.39, 0.29) is 17.7 Å². The Bertz CT molecular complexity index is 929. The molecule has 29 heavy (non-hydrogen) atoms. The zero-order valence-electron chi connectivity index (χ0n) is 16.0. The number of thioether (sulfide) groups is 1. The van der Waals surface area contributed by atoms with E-state index in [2.05, 4.69) is 0 Å². The molecule has 3 rings (SSSR count). The molecule has 2 aromatic carbocycles. The Balaban J connectivity index is 1.85. The molecule has 0 radical (unpaired) electrons. The third kappa shape index (κ3) is 5.12. The number of ether oxygens (including phenoxy) is 3. The lowest BCUT2D eigenvalue weighted by Crippen LogP contribution is -2.31. The van der Waals surface area contributed by atoms with Gasteiger partial charge in [0, 0.05) is 17.7 Å². The summed E-state index contributed by atoms with van der Waals surface area (Å²) in [5, 5.41) is 0.334. The van der Waals surface area contributed by atoms with Gasteiger partial charge >= 0.3 is 0 Å². The number of imide groups is 1. The lowest BCUT2D eigenvalue weighted by Gasteiger charge is -2.14. The molecule has 0 spiro atoms. The van der Waals surface area contributed by atoms with E-state index in [0.717, 1.165) is 17.3 Å². The molecule has 2 amide bonds. The molecule has 8 heteroatoms. The van der Waals surface area contributed by atoms with Crippen molar-refractivity contribution in [2.45, 2.75) is 6.61 Å². The molecule has 152 valence electrons. The number of amides is 2. The average Bonchev–Trinajstić information content (AvgIpc) is 2.99. The summed E-state index contributed by atoms with van der Waals surface area (Å²) in [4.78, 5) is 26.2. The van der Waals surface area contributed by atoms with Gasteiger partial charge in [0.2, 0.25) is 0 Å². The van der Waals surface area contributed by atoms with Gasteiger partial charge in [-0.05, 0) is 41.6 Å². The van der Waals surface area contributed by atoms with Crippen molar-refractivity contribution in [1.82, 2.24) is 4.90 Å². The van der Waals surface area contributed by atoms with Crippen LogP contribution in [0, 0.1) is 0 Å². The van der Waals surface area contributed by atoms with Gasteiger partial charge in [-0.1, -0.05) is 35.9 Å². The van der Waals surface area contributed by atoms with Gasteiger partial charge in [0.15, 0.2) is 11.5 Å². The zero-order chi connectivity index (χ0) is 20.8. The van der Waals surface area contributed by atoms with E-state index in [0.29, 0.717) is 40.2 Å². The van der Waals surface area contributed by atoms with Gasteiger partial charge in [-0.3, -0.25) is 14.5 Å². The first-order chi connectivity index (χ1) is 14.0. The molecule has 0 unspecified atom stereocenters. The van der Waals surface area contributed by atoms with Gasteiger partial charge in [0.05, 0.1) is 25.2 Å². The van der Waals surface area contributed by atoms with Crippen LogP contribution in [0.2, 0.25) is 5.02 Å². The highest BCUT2D eigenvalue weighted by atomic mass is 35.5. The van der Waals surface area contributed by atoms with Crippen LogP contribution in [0.15, 0.2) is 47.4 Å². The number of halogens is 1. The maximum atomic E-state index is 12.6. The van der Waals surface area contributed by atoms with Crippen LogP contribution in [0.25, 0.3) is 6.08 Å². The van der Waals surface area contributed by atoms with Gasteiger partial charge in [-0.2, -0.15) is 0 Å². The van der Waals surface area contributed by atoms with E-state index < -0.39 is 0 Å². The van der Waals surface area contributed by atoms with Crippen LogP contribution in [0.3, 0.4) is 0 Å². The number of para-hydroxylation sites is 1. The Labute approximate surface area is 178 Å². The van der Waals surface area contributed by atoms with Gasteiger partial charge < -0.3 is 14.2 Å². The number of hydrogen-bond acceptors (Lipinski definition) is 6. The molecule has 0 aromatic heterocycles. The Hall–Kier alpha value is -2.48. The Morgan fingerprint density at radius 1 is 1.10 bits per heavy atom. The van der Waals surface area contributed by atoms with Crippen LogP contribution in [0.1, 0.15) is 11.1 Å². The number of carbonyl (C=O) groups excluding carboxylic acids is 2. The molecule has 0 saturated carbocycles. The minimum absolute atomic E-state index is 0.219. The molecule has 1 aliphatic rings. The molecule has 1 aliphatic heterocycles. The van der Waals surface area contributed by atoms with Crippen LogP contribution in [0.4, 0.5) is 4.79 Å². The molecule has 1 heterocycles. The molecule has 0 N–H and O–H groups in total. The van der Waals surface area contributed by atoms with E-state index in [1.807, 2.05) is 18.2 Å². The lowest BCUT2D eigenvalue weighted by atomic mass is 10.1. The summed E-state index contributed by atoms with van der Waals surface area (Å²) >= 11 is 6.82. The SMILES string of the molecule is COCCN1C(=O)S/C(=C/c2cccc(OC)c2OCc2ccc(Cl)cc2)C1=O. The van der Waals surface area contributed by atoms with Crippen molar-refractivity contribution >= 4 is 40.6 Å². The van der Waals surface area contributed by atoms with E-state index in [9.17, 15) is 9.59 Å². The summed E-state index contributed by atoms with van der Waals surface area (Å²) in [7, 11) is 3.07. The first kappa shape index (κ1) is 21.2. The van der Waals surface area contributed by atoms with Crippen LogP contribution in [0.5, 0.6) is 11.5 Å². The van der Waals surface area contributed by atoms with E-state index in [1.54, 1.807) is 37.5 Å². The highest BCUT2D eigenvalue weighted by Gasteiger charge is 2.34.